The van der Waals surface area contributed by atoms with Crippen LogP contribution in [0.3, 0.4) is 0 Å². The molecule has 1 atom stereocenters. The Kier molecular flexibility index (Phi) is 7.09. The van der Waals surface area contributed by atoms with E-state index < -0.39 is 0 Å². The van der Waals surface area contributed by atoms with Gasteiger partial charge in [-0.05, 0) is 43.3 Å². The Morgan fingerprint density at radius 2 is 1.66 bits per heavy atom. The summed E-state index contributed by atoms with van der Waals surface area (Å²) in [5.74, 6) is 0.236. The number of methoxy groups -OCH3 is 2. The van der Waals surface area contributed by atoms with Crippen LogP contribution >= 0.6 is 0 Å². The zero-order chi connectivity index (χ0) is 20.8. The highest BCUT2D eigenvalue weighted by molar-refractivity contribution is 5.77. The average molecular weight is 399 g/mol. The summed E-state index contributed by atoms with van der Waals surface area (Å²) in [5.41, 5.74) is 1.04. The van der Waals surface area contributed by atoms with Crippen molar-refractivity contribution in [3.05, 3.63) is 70.5 Å². The Hall–Kier alpha value is -2.61. The molecular weight excluding hydrogens is 373 g/mol. The number of fused-ring (bicyclic) bond motifs is 1. The summed E-state index contributed by atoms with van der Waals surface area (Å²) in [5, 5.41) is 0.521. The molecule has 7 heteroatoms. The maximum atomic E-state index is 13.5. The molecule has 0 spiro atoms. The molecule has 1 aromatic heterocycles. The molecule has 0 aliphatic rings. The number of para-hydroxylation sites is 1. The minimum Gasteiger partial charge on any atom is -0.383 e. The zero-order valence-corrected chi connectivity index (χ0v) is 17.0. The van der Waals surface area contributed by atoms with Gasteiger partial charge in [0.1, 0.15) is 11.6 Å². The van der Waals surface area contributed by atoms with E-state index in [4.69, 9.17) is 14.5 Å². The van der Waals surface area contributed by atoms with Gasteiger partial charge in [-0.3, -0.25) is 14.3 Å². The fraction of sp³-hybridized carbons (Fsp3) is 0.364. The van der Waals surface area contributed by atoms with Crippen molar-refractivity contribution < 1.29 is 13.9 Å². The molecular formula is C22H26FN3O3. The molecule has 0 saturated heterocycles. The van der Waals surface area contributed by atoms with Gasteiger partial charge in [-0.2, -0.15) is 0 Å². The molecule has 3 rings (SSSR count). The van der Waals surface area contributed by atoms with Gasteiger partial charge in [0.05, 0.1) is 35.8 Å². The van der Waals surface area contributed by atoms with Gasteiger partial charge in [-0.15, -0.1) is 0 Å². The number of rotatable bonds is 9. The molecule has 0 aliphatic carbocycles. The molecule has 0 bridgehead atoms. The van der Waals surface area contributed by atoms with Crippen molar-refractivity contribution in [3.63, 3.8) is 0 Å². The fourth-order valence-corrected chi connectivity index (χ4v) is 3.35. The first-order valence-electron chi connectivity index (χ1n) is 9.56. The Bertz CT molecular complexity index is 996. The average Bonchev–Trinajstić information content (AvgIpc) is 2.74. The zero-order valence-electron chi connectivity index (χ0n) is 17.0. The maximum absolute atomic E-state index is 13.5. The predicted octanol–water partition coefficient (Wildman–Crippen LogP) is 3.18. The summed E-state index contributed by atoms with van der Waals surface area (Å²) in [6.07, 6.45) is 0. The van der Waals surface area contributed by atoms with Gasteiger partial charge in [-0.1, -0.05) is 12.1 Å². The van der Waals surface area contributed by atoms with Crippen molar-refractivity contribution in [3.8, 4) is 5.69 Å². The van der Waals surface area contributed by atoms with E-state index in [0.29, 0.717) is 48.7 Å². The van der Waals surface area contributed by atoms with Crippen molar-refractivity contribution in [2.75, 3.05) is 40.5 Å². The van der Waals surface area contributed by atoms with Gasteiger partial charge in [0, 0.05) is 27.3 Å². The molecule has 29 heavy (non-hydrogen) atoms. The quantitative estimate of drug-likeness (QED) is 0.553. The highest BCUT2D eigenvalue weighted by atomic mass is 19.1. The van der Waals surface area contributed by atoms with Crippen LogP contribution in [0.15, 0.2) is 53.3 Å². The number of nitrogens with zero attached hydrogens (tertiary/aromatic N) is 3. The molecule has 3 aromatic rings. The number of halogens is 1. The smallest absolute Gasteiger partial charge is 0.266 e. The summed E-state index contributed by atoms with van der Waals surface area (Å²) in [6.45, 7) is 4.41. The van der Waals surface area contributed by atoms with Crippen LogP contribution in [0, 0.1) is 5.82 Å². The van der Waals surface area contributed by atoms with E-state index in [1.165, 1.54) is 12.1 Å². The molecule has 0 aliphatic heterocycles. The summed E-state index contributed by atoms with van der Waals surface area (Å²) in [4.78, 5) is 20.3. The Labute approximate surface area is 169 Å². The lowest BCUT2D eigenvalue weighted by molar-refractivity contribution is 0.0889. The number of hydrogen-bond acceptors (Lipinski definition) is 5. The van der Waals surface area contributed by atoms with E-state index in [0.717, 1.165) is 0 Å². The minimum atomic E-state index is -0.355. The Balaban J connectivity index is 2.17. The lowest BCUT2D eigenvalue weighted by Crippen LogP contribution is -2.37. The normalized spacial score (nSPS) is 12.6. The third-order valence-corrected chi connectivity index (χ3v) is 4.97. The summed E-state index contributed by atoms with van der Waals surface area (Å²) < 4.78 is 25.5. The molecule has 0 N–H and O–H groups in total. The lowest BCUT2D eigenvalue weighted by Gasteiger charge is -2.30. The molecule has 154 valence electrons. The van der Waals surface area contributed by atoms with Crippen molar-refractivity contribution in [2.45, 2.75) is 13.0 Å². The van der Waals surface area contributed by atoms with Crippen molar-refractivity contribution in [1.82, 2.24) is 14.5 Å². The Morgan fingerprint density at radius 3 is 2.28 bits per heavy atom. The number of hydrogen-bond donors (Lipinski definition) is 0. The standard InChI is InChI=1S/C22H26FN3O3/c1-16(25(12-14-28-2)13-15-29-3)21-24-20-7-5-4-6-19(20)22(27)26(21)18-10-8-17(23)9-11-18/h4-11,16H,12-15H2,1-3H3. The molecule has 6 nitrogen and oxygen atoms in total. The molecule has 0 fully saturated rings. The second-order valence-electron chi connectivity index (χ2n) is 6.80. The number of aromatic nitrogens is 2. The van der Waals surface area contributed by atoms with Gasteiger partial charge in [-0.25, -0.2) is 9.37 Å². The molecule has 1 heterocycles. The highest BCUT2D eigenvalue weighted by Crippen LogP contribution is 2.22. The van der Waals surface area contributed by atoms with E-state index >= 15 is 0 Å². The van der Waals surface area contributed by atoms with Crippen molar-refractivity contribution in [1.29, 1.82) is 0 Å². The van der Waals surface area contributed by atoms with Crippen LogP contribution in [0.25, 0.3) is 16.6 Å². The van der Waals surface area contributed by atoms with E-state index in [9.17, 15) is 9.18 Å². The number of ether oxygens (including phenoxy) is 2. The van der Waals surface area contributed by atoms with Crippen LogP contribution in [-0.4, -0.2) is 55.0 Å². The first kappa shape index (κ1) is 21.1. The van der Waals surface area contributed by atoms with Crippen molar-refractivity contribution >= 4 is 10.9 Å². The first-order valence-corrected chi connectivity index (χ1v) is 9.56. The van der Waals surface area contributed by atoms with Crippen LogP contribution in [-0.2, 0) is 9.47 Å². The lowest BCUT2D eigenvalue weighted by atomic mass is 10.2. The topological polar surface area (TPSA) is 56.6 Å². The van der Waals surface area contributed by atoms with Crippen LogP contribution in [0.2, 0.25) is 0 Å². The third-order valence-electron chi connectivity index (χ3n) is 4.97. The van der Waals surface area contributed by atoms with Crippen LogP contribution in [0.4, 0.5) is 4.39 Å². The second-order valence-corrected chi connectivity index (χ2v) is 6.80. The van der Waals surface area contributed by atoms with E-state index in [1.807, 2.05) is 25.1 Å². The Morgan fingerprint density at radius 1 is 1.03 bits per heavy atom. The molecule has 2 aromatic carbocycles. The van der Waals surface area contributed by atoms with Crippen LogP contribution < -0.4 is 5.56 Å². The summed E-state index contributed by atoms with van der Waals surface area (Å²) in [6, 6.07) is 13.0. The van der Waals surface area contributed by atoms with Crippen LogP contribution in [0.1, 0.15) is 18.8 Å². The predicted molar refractivity (Wildman–Crippen MR) is 111 cm³/mol. The SMILES string of the molecule is COCCN(CCOC)C(C)c1nc2ccccc2c(=O)n1-c1ccc(F)cc1. The third kappa shape index (κ3) is 4.70. The van der Waals surface area contributed by atoms with Gasteiger partial charge in [0.15, 0.2) is 0 Å². The van der Waals surface area contributed by atoms with Gasteiger partial charge >= 0.3 is 0 Å². The number of benzene rings is 2. The maximum Gasteiger partial charge on any atom is 0.266 e. The molecule has 0 saturated carbocycles. The van der Waals surface area contributed by atoms with E-state index in [2.05, 4.69) is 4.90 Å². The van der Waals surface area contributed by atoms with Crippen LogP contribution in [0.5, 0.6) is 0 Å². The second kappa shape index (κ2) is 9.73. The van der Waals surface area contributed by atoms with Gasteiger partial charge in [0.25, 0.3) is 5.56 Å². The highest BCUT2D eigenvalue weighted by Gasteiger charge is 2.23. The summed E-state index contributed by atoms with van der Waals surface area (Å²) >= 11 is 0. The van der Waals surface area contributed by atoms with Gasteiger partial charge in [0.2, 0.25) is 0 Å². The van der Waals surface area contributed by atoms with E-state index in [1.54, 1.807) is 37.0 Å². The monoisotopic (exact) mass is 399 g/mol. The molecule has 0 amide bonds. The van der Waals surface area contributed by atoms with Gasteiger partial charge < -0.3 is 9.47 Å². The minimum absolute atomic E-state index is 0.178. The van der Waals surface area contributed by atoms with E-state index in [-0.39, 0.29) is 17.4 Å². The fourth-order valence-electron chi connectivity index (χ4n) is 3.35. The molecule has 1 unspecified atom stereocenters. The molecule has 0 radical (unpaired) electrons. The largest absolute Gasteiger partial charge is 0.383 e. The summed E-state index contributed by atoms with van der Waals surface area (Å²) in [7, 11) is 3.31. The van der Waals surface area contributed by atoms with Crippen molar-refractivity contribution in [2.24, 2.45) is 0 Å². The first-order chi connectivity index (χ1) is 14.1.